The fourth-order valence-electron chi connectivity index (χ4n) is 2.15. The lowest BCUT2D eigenvalue weighted by molar-refractivity contribution is -0.144. The Kier molecular flexibility index (Phi) is 6.03. The molecule has 0 radical (unpaired) electrons. The third kappa shape index (κ3) is 3.66. The molecule has 1 aromatic carbocycles. The molecule has 0 aliphatic heterocycles. The van der Waals surface area contributed by atoms with Crippen LogP contribution >= 0.6 is 15.9 Å². The van der Waals surface area contributed by atoms with Gasteiger partial charge >= 0.3 is 0 Å². The van der Waals surface area contributed by atoms with E-state index in [1.165, 1.54) is 0 Å². The van der Waals surface area contributed by atoms with E-state index in [1.54, 1.807) is 0 Å². The minimum atomic E-state index is -0.609. The lowest BCUT2D eigenvalue weighted by Gasteiger charge is -2.30. The van der Waals surface area contributed by atoms with Gasteiger partial charge in [-0.2, -0.15) is 0 Å². The quantitative estimate of drug-likeness (QED) is 0.755. The average Bonchev–Trinajstić information content (AvgIpc) is 2.38. The van der Waals surface area contributed by atoms with Gasteiger partial charge in [0.2, 0.25) is 0 Å². The topological polar surface area (TPSA) is 26.3 Å². The first-order valence-electron chi connectivity index (χ1n) is 6.49. The van der Waals surface area contributed by atoms with Gasteiger partial charge in [-0.1, -0.05) is 41.9 Å². The SMILES string of the molecule is CCOC(CC)(CC)C(=O)Cc1ccc(Br)cc1. The molecule has 2 nitrogen and oxygen atoms in total. The molecule has 0 aliphatic rings. The third-order valence-corrected chi connectivity index (χ3v) is 3.88. The van der Waals surface area contributed by atoms with Crippen molar-refractivity contribution in [3.63, 3.8) is 0 Å². The Balaban J connectivity index is 2.81. The van der Waals surface area contributed by atoms with E-state index < -0.39 is 5.60 Å². The fraction of sp³-hybridized carbons (Fsp3) is 0.533. The zero-order valence-electron chi connectivity index (χ0n) is 11.3. The number of benzene rings is 1. The molecule has 0 N–H and O–H groups in total. The maximum absolute atomic E-state index is 12.4. The Hall–Kier alpha value is -0.670. The highest BCUT2D eigenvalue weighted by molar-refractivity contribution is 9.10. The van der Waals surface area contributed by atoms with Gasteiger partial charge in [0.25, 0.3) is 0 Å². The summed E-state index contributed by atoms with van der Waals surface area (Å²) >= 11 is 3.39. The number of carbonyl (C=O) groups excluding carboxylic acids is 1. The molecule has 0 atom stereocenters. The van der Waals surface area contributed by atoms with Gasteiger partial charge < -0.3 is 4.74 Å². The van der Waals surface area contributed by atoms with Gasteiger partial charge in [-0.25, -0.2) is 0 Å². The van der Waals surface area contributed by atoms with Gasteiger partial charge in [0.15, 0.2) is 5.78 Å². The van der Waals surface area contributed by atoms with Crippen LogP contribution in [0.2, 0.25) is 0 Å². The monoisotopic (exact) mass is 312 g/mol. The van der Waals surface area contributed by atoms with Crippen molar-refractivity contribution in [1.82, 2.24) is 0 Å². The summed E-state index contributed by atoms with van der Waals surface area (Å²) in [5.41, 5.74) is 0.427. The minimum Gasteiger partial charge on any atom is -0.368 e. The maximum Gasteiger partial charge on any atom is 0.168 e. The Morgan fingerprint density at radius 3 is 2.17 bits per heavy atom. The standard InChI is InChI=1S/C15H21BrO2/c1-4-15(5-2,18-6-3)14(17)11-12-7-9-13(16)10-8-12/h7-10H,4-6,11H2,1-3H3. The summed E-state index contributed by atoms with van der Waals surface area (Å²) in [5, 5.41) is 0. The second-order valence-electron chi connectivity index (χ2n) is 4.36. The summed E-state index contributed by atoms with van der Waals surface area (Å²) in [7, 11) is 0. The van der Waals surface area contributed by atoms with Gasteiger partial charge in [0, 0.05) is 17.5 Å². The normalized spacial score (nSPS) is 11.6. The predicted molar refractivity (Wildman–Crippen MR) is 77.8 cm³/mol. The number of hydrogen-bond donors (Lipinski definition) is 0. The number of carbonyl (C=O) groups is 1. The Labute approximate surface area is 118 Å². The number of rotatable bonds is 7. The largest absolute Gasteiger partial charge is 0.368 e. The van der Waals surface area contributed by atoms with Crippen LogP contribution in [0.1, 0.15) is 39.2 Å². The van der Waals surface area contributed by atoms with Crippen LogP contribution in [0, 0.1) is 0 Å². The number of hydrogen-bond acceptors (Lipinski definition) is 2. The van der Waals surface area contributed by atoms with Crippen LogP contribution in [0.3, 0.4) is 0 Å². The minimum absolute atomic E-state index is 0.177. The van der Waals surface area contributed by atoms with Crippen molar-refractivity contribution in [2.45, 2.75) is 45.6 Å². The van der Waals surface area contributed by atoms with Gasteiger partial charge in [0.05, 0.1) is 0 Å². The Morgan fingerprint density at radius 1 is 1.17 bits per heavy atom. The summed E-state index contributed by atoms with van der Waals surface area (Å²) in [6.45, 7) is 6.54. The smallest absolute Gasteiger partial charge is 0.168 e. The van der Waals surface area contributed by atoms with Crippen LogP contribution < -0.4 is 0 Å². The van der Waals surface area contributed by atoms with Crippen LogP contribution in [0.15, 0.2) is 28.7 Å². The molecule has 0 saturated carbocycles. The van der Waals surface area contributed by atoms with E-state index in [0.717, 1.165) is 22.9 Å². The molecule has 0 saturated heterocycles. The van der Waals surface area contributed by atoms with Crippen LogP contribution in [0.5, 0.6) is 0 Å². The van der Waals surface area contributed by atoms with E-state index in [9.17, 15) is 4.79 Å². The van der Waals surface area contributed by atoms with Crippen molar-refractivity contribution in [3.05, 3.63) is 34.3 Å². The van der Waals surface area contributed by atoms with Crippen molar-refractivity contribution >= 4 is 21.7 Å². The first kappa shape index (κ1) is 15.4. The van der Waals surface area contributed by atoms with Crippen LogP contribution in [-0.4, -0.2) is 18.0 Å². The first-order valence-corrected chi connectivity index (χ1v) is 7.29. The molecule has 1 rings (SSSR count). The van der Waals surface area contributed by atoms with E-state index in [4.69, 9.17) is 4.74 Å². The molecule has 0 aromatic heterocycles. The second-order valence-corrected chi connectivity index (χ2v) is 5.28. The van der Waals surface area contributed by atoms with E-state index in [0.29, 0.717) is 13.0 Å². The fourth-order valence-corrected chi connectivity index (χ4v) is 2.42. The van der Waals surface area contributed by atoms with E-state index in [1.807, 2.05) is 45.0 Å². The lowest BCUT2D eigenvalue weighted by atomic mass is 9.88. The molecular weight excluding hydrogens is 292 g/mol. The number of ketones is 1. The van der Waals surface area contributed by atoms with Crippen molar-refractivity contribution < 1.29 is 9.53 Å². The lowest BCUT2D eigenvalue weighted by Crippen LogP contribution is -2.41. The predicted octanol–water partition coefficient (Wildman–Crippen LogP) is 4.16. The van der Waals surface area contributed by atoms with E-state index in [-0.39, 0.29) is 5.78 Å². The number of ether oxygens (including phenoxy) is 1. The molecule has 0 unspecified atom stereocenters. The zero-order valence-corrected chi connectivity index (χ0v) is 12.9. The molecule has 1 aromatic rings. The molecule has 100 valence electrons. The molecule has 0 heterocycles. The van der Waals surface area contributed by atoms with Gasteiger partial charge in [0.1, 0.15) is 5.60 Å². The molecule has 18 heavy (non-hydrogen) atoms. The van der Waals surface area contributed by atoms with Crippen LogP contribution in [0.4, 0.5) is 0 Å². The molecular formula is C15H21BrO2. The molecule has 0 bridgehead atoms. The molecule has 0 aliphatic carbocycles. The molecule has 0 spiro atoms. The summed E-state index contributed by atoms with van der Waals surface area (Å²) in [6.07, 6.45) is 1.90. The third-order valence-electron chi connectivity index (χ3n) is 3.35. The highest BCUT2D eigenvalue weighted by Crippen LogP contribution is 2.24. The molecule has 3 heteroatoms. The van der Waals surface area contributed by atoms with Gasteiger partial charge in [-0.3, -0.25) is 4.79 Å². The maximum atomic E-state index is 12.4. The molecule has 0 amide bonds. The molecule has 0 fully saturated rings. The Bertz CT molecular complexity index is 380. The summed E-state index contributed by atoms with van der Waals surface area (Å²) in [4.78, 5) is 12.4. The number of Topliss-reactive ketones (excluding diaryl/α,β-unsaturated/α-hetero) is 1. The highest BCUT2D eigenvalue weighted by Gasteiger charge is 2.34. The summed E-state index contributed by atoms with van der Waals surface area (Å²) in [6, 6.07) is 7.87. The van der Waals surface area contributed by atoms with Crippen molar-refractivity contribution in [1.29, 1.82) is 0 Å². The average molecular weight is 313 g/mol. The van der Waals surface area contributed by atoms with E-state index >= 15 is 0 Å². The number of halogens is 1. The van der Waals surface area contributed by atoms with E-state index in [2.05, 4.69) is 15.9 Å². The first-order chi connectivity index (χ1) is 8.57. The Morgan fingerprint density at radius 2 is 1.72 bits per heavy atom. The van der Waals surface area contributed by atoms with Crippen molar-refractivity contribution in [2.24, 2.45) is 0 Å². The van der Waals surface area contributed by atoms with Gasteiger partial charge in [-0.15, -0.1) is 0 Å². The summed E-state index contributed by atoms with van der Waals surface area (Å²) in [5.74, 6) is 0.177. The van der Waals surface area contributed by atoms with Crippen molar-refractivity contribution in [3.8, 4) is 0 Å². The van der Waals surface area contributed by atoms with Crippen LogP contribution in [0.25, 0.3) is 0 Å². The second kappa shape index (κ2) is 7.05. The van der Waals surface area contributed by atoms with Gasteiger partial charge in [-0.05, 0) is 37.5 Å². The zero-order chi connectivity index (χ0) is 13.6. The summed E-state index contributed by atoms with van der Waals surface area (Å²) < 4.78 is 6.76. The van der Waals surface area contributed by atoms with Crippen molar-refractivity contribution in [2.75, 3.05) is 6.61 Å². The highest BCUT2D eigenvalue weighted by atomic mass is 79.9. The van der Waals surface area contributed by atoms with Crippen LogP contribution in [-0.2, 0) is 16.0 Å².